The van der Waals surface area contributed by atoms with Gasteiger partial charge in [-0.3, -0.25) is 0 Å². The van der Waals surface area contributed by atoms with E-state index in [0.29, 0.717) is 0 Å². The minimum absolute atomic E-state index is 0. The van der Waals surface area contributed by atoms with Gasteiger partial charge >= 0.3 is 6.15 Å². The van der Waals surface area contributed by atoms with Gasteiger partial charge in [-0.1, -0.05) is 7.43 Å². The van der Waals surface area contributed by atoms with E-state index in [2.05, 4.69) is 0 Å². The Labute approximate surface area is 37.6 Å². The second-order valence-electron chi connectivity index (χ2n) is 0.0833. The Morgan fingerprint density at radius 3 is 1.20 bits per heavy atom. The van der Waals surface area contributed by atoms with Gasteiger partial charge in [0, 0.05) is 0 Å². The highest BCUT2D eigenvalue weighted by atomic mass is 32.1. The zero-order chi connectivity index (χ0) is 2.71. The van der Waals surface area contributed by atoms with Crippen molar-refractivity contribution in [3.05, 3.63) is 0 Å². The Kier molecular flexibility index (Phi) is 229. The van der Waals surface area contributed by atoms with Gasteiger partial charge in [0.15, 0.2) is 0 Å². The molecule has 0 rings (SSSR count). The van der Waals surface area contributed by atoms with Crippen LogP contribution in [0.15, 0.2) is 0 Å². The summed E-state index contributed by atoms with van der Waals surface area (Å²) in [5.41, 5.74) is 0. The zero-order valence-electron chi connectivity index (χ0n) is 1.82. The lowest BCUT2D eigenvalue weighted by Crippen LogP contribution is -1.22. The molecule has 0 aromatic heterocycles. The van der Waals surface area contributed by atoms with Crippen molar-refractivity contribution in [1.82, 2.24) is 0 Å². The van der Waals surface area contributed by atoms with Crippen LogP contribution in [0.5, 0.6) is 0 Å². The van der Waals surface area contributed by atoms with Gasteiger partial charge in [0.05, 0.1) is 0 Å². The van der Waals surface area contributed by atoms with Crippen molar-refractivity contribution in [2.75, 3.05) is 0 Å². The van der Waals surface area contributed by atoms with Crippen molar-refractivity contribution < 1.29 is 9.59 Å². The normalized spacial score (nSPS) is 1.60. The minimum Gasteiger partial charge on any atom is -0.197 e. The summed E-state index contributed by atoms with van der Waals surface area (Å²) < 4.78 is 0. The number of hydrogen-bond acceptors (Lipinski definition) is 2. The van der Waals surface area contributed by atoms with E-state index in [1.807, 2.05) is 0 Å². The van der Waals surface area contributed by atoms with E-state index in [4.69, 9.17) is 9.59 Å². The highest BCUT2D eigenvalue weighted by molar-refractivity contribution is 7.59. The molecule has 0 aliphatic rings. The van der Waals surface area contributed by atoms with Crippen LogP contribution in [0.2, 0.25) is 0 Å². The van der Waals surface area contributed by atoms with E-state index >= 15 is 0 Å². The first kappa shape index (κ1) is 22.0. The number of carbonyl (C=O) groups excluding carboxylic acids is 2. The van der Waals surface area contributed by atoms with Crippen LogP contribution < -0.4 is 0 Å². The molecule has 0 unspecified atom stereocenters. The van der Waals surface area contributed by atoms with Crippen molar-refractivity contribution in [3.63, 3.8) is 0 Å². The molecule has 0 aliphatic carbocycles. The molecule has 0 aliphatic heterocycles. The lowest BCUT2D eigenvalue weighted by molar-refractivity contribution is -0.191. The van der Waals surface area contributed by atoms with Crippen molar-refractivity contribution >= 4 is 19.6 Å². The molecule has 0 spiro atoms. The van der Waals surface area contributed by atoms with E-state index in [9.17, 15) is 0 Å². The smallest absolute Gasteiger partial charge is 0.197 e. The Morgan fingerprint density at radius 2 is 1.20 bits per heavy atom. The van der Waals surface area contributed by atoms with E-state index in [-0.39, 0.29) is 27.1 Å². The van der Waals surface area contributed by atoms with Gasteiger partial charge in [-0.25, -0.2) is 0 Å². The maximum Gasteiger partial charge on any atom is 0.373 e. The van der Waals surface area contributed by atoms with Crippen molar-refractivity contribution in [2.24, 2.45) is 0 Å². The fourth-order valence-corrected chi connectivity index (χ4v) is 0. The van der Waals surface area contributed by atoms with Gasteiger partial charge in [-0.05, 0) is 0 Å². The standard InChI is InChI=1S/CO2.CH4.H2S/c2-1-3;;/h;1H4;1H2. The van der Waals surface area contributed by atoms with Crippen LogP contribution >= 0.6 is 13.5 Å². The Balaban J connectivity index is -0.0000000200. The monoisotopic (exact) mass is 94.0 g/mol. The van der Waals surface area contributed by atoms with Crippen LogP contribution in [0.1, 0.15) is 7.43 Å². The van der Waals surface area contributed by atoms with E-state index < -0.39 is 0 Å². The number of rotatable bonds is 0. The molecular formula is C2H6O2S. The first-order valence-electron chi connectivity index (χ1n) is 0.408. The molecule has 0 aromatic rings. The van der Waals surface area contributed by atoms with Crippen LogP contribution in [0.3, 0.4) is 0 Å². The molecule has 2 nitrogen and oxygen atoms in total. The third kappa shape index (κ3) is 153. The van der Waals surface area contributed by atoms with Crippen molar-refractivity contribution in [3.8, 4) is 0 Å². The molecule has 32 valence electrons. The summed E-state index contributed by atoms with van der Waals surface area (Å²) in [6.07, 6.45) is 0.250. The summed E-state index contributed by atoms with van der Waals surface area (Å²) in [6, 6.07) is 0. The maximum absolute atomic E-state index is 8.12. The zero-order valence-corrected chi connectivity index (χ0v) is 2.82. The summed E-state index contributed by atoms with van der Waals surface area (Å²) in [7, 11) is 0. The minimum atomic E-state index is 0. The maximum atomic E-state index is 8.12. The van der Waals surface area contributed by atoms with Crippen LogP contribution in [0.4, 0.5) is 0 Å². The summed E-state index contributed by atoms with van der Waals surface area (Å²) in [5.74, 6) is 0. The van der Waals surface area contributed by atoms with Crippen molar-refractivity contribution in [1.29, 1.82) is 0 Å². The van der Waals surface area contributed by atoms with E-state index in [1.165, 1.54) is 0 Å². The van der Waals surface area contributed by atoms with E-state index in [0.717, 1.165) is 0 Å². The Hall–Kier alpha value is -0.270. The molecule has 0 N–H and O–H groups in total. The largest absolute Gasteiger partial charge is 0.373 e. The van der Waals surface area contributed by atoms with Gasteiger partial charge in [0.25, 0.3) is 0 Å². The van der Waals surface area contributed by atoms with Gasteiger partial charge in [0.1, 0.15) is 0 Å². The average molecular weight is 94.1 g/mol. The second-order valence-corrected chi connectivity index (χ2v) is 0.0833. The van der Waals surface area contributed by atoms with Crippen molar-refractivity contribution in [2.45, 2.75) is 7.43 Å². The fraction of sp³-hybridized carbons (Fsp3) is 0.500. The lowest BCUT2D eigenvalue weighted by Gasteiger charge is -0.945. The van der Waals surface area contributed by atoms with Gasteiger partial charge < -0.3 is 0 Å². The summed E-state index contributed by atoms with van der Waals surface area (Å²) in [5, 5.41) is 0. The van der Waals surface area contributed by atoms with Crippen LogP contribution in [0.25, 0.3) is 0 Å². The molecule has 0 saturated heterocycles. The molecule has 0 radical (unpaired) electrons. The predicted molar refractivity (Wildman–Crippen MR) is 22.1 cm³/mol. The molecule has 0 aromatic carbocycles. The lowest BCUT2D eigenvalue weighted by atomic mass is 11.8. The molecule has 5 heavy (non-hydrogen) atoms. The Morgan fingerprint density at radius 1 is 1.20 bits per heavy atom. The molecule has 0 heterocycles. The topological polar surface area (TPSA) is 34.1 Å². The number of hydrogen-bond donors (Lipinski definition) is 0. The highest BCUT2D eigenvalue weighted by Gasteiger charge is 1.13. The Bertz CT molecular complexity index is 28.6. The van der Waals surface area contributed by atoms with Gasteiger partial charge in [-0.2, -0.15) is 23.1 Å². The highest BCUT2D eigenvalue weighted by Crippen LogP contribution is 0.787. The van der Waals surface area contributed by atoms with Crippen LogP contribution in [-0.2, 0) is 9.59 Å². The quantitative estimate of drug-likeness (QED) is 0.428. The summed E-state index contributed by atoms with van der Waals surface area (Å²) >= 11 is 0. The third-order valence-corrected chi connectivity index (χ3v) is 0. The second kappa shape index (κ2) is 52.2. The van der Waals surface area contributed by atoms with Crippen LogP contribution in [-0.4, -0.2) is 6.15 Å². The van der Waals surface area contributed by atoms with Gasteiger partial charge in [-0.15, -0.1) is 0 Å². The molecular weight excluding hydrogens is 88.1 g/mol. The molecule has 0 bridgehead atoms. The first-order valence-corrected chi connectivity index (χ1v) is 0.408. The van der Waals surface area contributed by atoms with Crippen LogP contribution in [0, 0.1) is 0 Å². The molecule has 0 amide bonds. The van der Waals surface area contributed by atoms with Gasteiger partial charge in [0.2, 0.25) is 0 Å². The third-order valence-electron chi connectivity index (χ3n) is 0. The average Bonchev–Trinajstić information content (AvgIpc) is 0.918. The SMILES string of the molecule is C.O=C=O.S. The predicted octanol–water partition coefficient (Wildman–Crippen LogP) is 0.165. The molecule has 0 fully saturated rings. The molecule has 0 atom stereocenters. The summed E-state index contributed by atoms with van der Waals surface area (Å²) in [6.45, 7) is 0. The van der Waals surface area contributed by atoms with E-state index in [1.54, 1.807) is 0 Å². The fourth-order valence-electron chi connectivity index (χ4n) is 0. The molecule has 0 saturated carbocycles. The first-order chi connectivity index (χ1) is 1.41. The molecule has 3 heteroatoms. The summed E-state index contributed by atoms with van der Waals surface area (Å²) in [4.78, 5) is 16.2.